The summed E-state index contributed by atoms with van der Waals surface area (Å²) in [6, 6.07) is 0. The first-order valence-corrected chi connectivity index (χ1v) is 9.68. The van der Waals surface area contributed by atoms with Crippen molar-refractivity contribution in [2.45, 2.75) is 46.1 Å². The zero-order chi connectivity index (χ0) is 20.5. The highest BCUT2D eigenvalue weighted by Crippen LogP contribution is 2.31. The molecule has 3 N–H and O–H groups in total. The second-order valence-electron chi connectivity index (χ2n) is 8.55. The second kappa shape index (κ2) is 12.7. The lowest BCUT2D eigenvalue weighted by atomic mass is 9.84. The fourth-order valence-corrected chi connectivity index (χ4v) is 3.02. The number of carbonyl (C=O) groups excluding carboxylic acids is 1. The normalized spacial score (nSPS) is 20.9. The molecule has 1 saturated heterocycles. The van der Waals surface area contributed by atoms with Gasteiger partial charge in [0.2, 0.25) is 0 Å². The van der Waals surface area contributed by atoms with Gasteiger partial charge >= 0.3 is 6.09 Å². The van der Waals surface area contributed by atoms with Crippen LogP contribution in [0.25, 0.3) is 0 Å². The van der Waals surface area contributed by atoms with Gasteiger partial charge < -0.3 is 30.1 Å². The van der Waals surface area contributed by atoms with Crippen molar-refractivity contribution in [3.63, 3.8) is 0 Å². The van der Waals surface area contributed by atoms with E-state index in [4.69, 9.17) is 9.47 Å². The minimum atomic E-state index is -0.493. The third kappa shape index (κ3) is 10.1. The van der Waals surface area contributed by atoms with E-state index in [0.29, 0.717) is 38.6 Å². The summed E-state index contributed by atoms with van der Waals surface area (Å²) in [5.41, 5.74) is -0.526. The number of aliphatic hydroxyl groups is 1. The highest BCUT2D eigenvalue weighted by Gasteiger charge is 2.34. The Bertz CT molecular complexity index is 491. The Morgan fingerprint density at radius 2 is 2.07 bits per heavy atom. The van der Waals surface area contributed by atoms with Gasteiger partial charge in [0.15, 0.2) is 5.96 Å². The van der Waals surface area contributed by atoms with Crippen LogP contribution in [0.15, 0.2) is 4.99 Å². The van der Waals surface area contributed by atoms with Crippen molar-refractivity contribution < 1.29 is 19.4 Å². The number of ether oxygens (including phenoxy) is 2. The molecule has 8 nitrogen and oxygen atoms in total. The zero-order valence-corrected chi connectivity index (χ0v) is 20.5. The van der Waals surface area contributed by atoms with Gasteiger partial charge in [0, 0.05) is 52.4 Å². The number of amides is 1. The molecule has 166 valence electrons. The van der Waals surface area contributed by atoms with Crippen LogP contribution in [-0.2, 0) is 9.47 Å². The molecule has 2 atom stereocenters. The van der Waals surface area contributed by atoms with Crippen LogP contribution in [0, 0.1) is 11.3 Å². The van der Waals surface area contributed by atoms with Gasteiger partial charge in [-0.3, -0.25) is 4.99 Å². The molecule has 0 spiro atoms. The summed E-state index contributed by atoms with van der Waals surface area (Å²) in [5.74, 6) is 0.938. The van der Waals surface area contributed by atoms with Gasteiger partial charge in [-0.2, -0.15) is 0 Å². The average Bonchev–Trinajstić information content (AvgIpc) is 3.02. The number of guanidine groups is 1. The van der Waals surface area contributed by atoms with E-state index in [2.05, 4.69) is 22.5 Å². The molecule has 2 unspecified atom stereocenters. The molecule has 9 heteroatoms. The van der Waals surface area contributed by atoms with Crippen molar-refractivity contribution in [1.29, 1.82) is 0 Å². The van der Waals surface area contributed by atoms with Gasteiger partial charge in [0.1, 0.15) is 5.60 Å². The Balaban J connectivity index is 0.00000729. The van der Waals surface area contributed by atoms with Crippen LogP contribution in [-0.4, -0.2) is 81.2 Å². The predicted molar refractivity (Wildman–Crippen MR) is 122 cm³/mol. The van der Waals surface area contributed by atoms with E-state index >= 15 is 0 Å². The molecule has 28 heavy (non-hydrogen) atoms. The van der Waals surface area contributed by atoms with Gasteiger partial charge in [-0.05, 0) is 39.5 Å². The molecule has 0 radical (unpaired) electrons. The van der Waals surface area contributed by atoms with Gasteiger partial charge in [-0.15, -0.1) is 24.0 Å². The molecule has 1 aliphatic heterocycles. The number of aliphatic hydroxyl groups excluding tert-OH is 1. The quantitative estimate of drug-likeness (QED) is 0.261. The van der Waals surface area contributed by atoms with Crippen molar-refractivity contribution in [3.8, 4) is 0 Å². The first-order valence-electron chi connectivity index (χ1n) is 9.68. The van der Waals surface area contributed by atoms with Crippen molar-refractivity contribution in [3.05, 3.63) is 0 Å². The fourth-order valence-electron chi connectivity index (χ4n) is 3.02. The fraction of sp³-hybridized carbons (Fsp3) is 0.895. The monoisotopic (exact) mass is 514 g/mol. The smallest absolute Gasteiger partial charge is 0.410 e. The van der Waals surface area contributed by atoms with E-state index in [0.717, 1.165) is 13.0 Å². The molecule has 0 aromatic carbocycles. The first-order chi connectivity index (χ1) is 12.6. The Kier molecular flexibility index (Phi) is 12.3. The average molecular weight is 514 g/mol. The highest BCUT2D eigenvalue weighted by atomic mass is 127. The Morgan fingerprint density at radius 3 is 2.57 bits per heavy atom. The number of nitrogens with one attached hydrogen (secondary N) is 2. The number of rotatable bonds is 8. The molecule has 1 aliphatic rings. The first kappa shape index (κ1) is 27.2. The summed E-state index contributed by atoms with van der Waals surface area (Å²) in [6.45, 7) is 11.2. The number of carbonyl (C=O) groups is 1. The van der Waals surface area contributed by atoms with Gasteiger partial charge in [-0.1, -0.05) is 6.92 Å². The number of aliphatic imine (C=N–C) groups is 1. The van der Waals surface area contributed by atoms with Gasteiger partial charge in [0.05, 0.1) is 6.61 Å². The van der Waals surface area contributed by atoms with Crippen molar-refractivity contribution in [2.75, 3.05) is 53.6 Å². The number of hydrogen-bond donors (Lipinski definition) is 3. The summed E-state index contributed by atoms with van der Waals surface area (Å²) in [4.78, 5) is 17.9. The lowest BCUT2D eigenvalue weighted by Gasteiger charge is -2.28. The van der Waals surface area contributed by atoms with Crippen LogP contribution < -0.4 is 10.6 Å². The lowest BCUT2D eigenvalue weighted by Crippen LogP contribution is -2.46. The number of hydrogen-bond acceptors (Lipinski definition) is 5. The van der Waals surface area contributed by atoms with Gasteiger partial charge in [0.25, 0.3) is 0 Å². The molecular formula is C19H39IN4O4. The van der Waals surface area contributed by atoms with E-state index in [9.17, 15) is 9.90 Å². The molecule has 0 aromatic heterocycles. The lowest BCUT2D eigenvalue weighted by molar-refractivity contribution is 0.0278. The van der Waals surface area contributed by atoms with E-state index < -0.39 is 5.60 Å². The zero-order valence-electron chi connectivity index (χ0n) is 18.2. The van der Waals surface area contributed by atoms with Crippen LogP contribution >= 0.6 is 24.0 Å². The van der Waals surface area contributed by atoms with Crippen LogP contribution in [0.1, 0.15) is 40.5 Å². The third-order valence-corrected chi connectivity index (χ3v) is 4.59. The molecular weight excluding hydrogens is 475 g/mol. The molecule has 1 rings (SSSR count). The Morgan fingerprint density at radius 1 is 1.39 bits per heavy atom. The second-order valence-corrected chi connectivity index (χ2v) is 8.55. The summed E-state index contributed by atoms with van der Waals surface area (Å²) in [6.07, 6.45) is 1.34. The van der Waals surface area contributed by atoms with Crippen LogP contribution in [0.4, 0.5) is 4.79 Å². The molecule has 0 saturated carbocycles. The summed E-state index contributed by atoms with van der Waals surface area (Å²) >= 11 is 0. The van der Waals surface area contributed by atoms with Crippen LogP contribution in [0.3, 0.4) is 0 Å². The molecule has 1 amide bonds. The molecule has 0 aliphatic carbocycles. The number of nitrogens with zero attached hydrogens (tertiary/aromatic N) is 2. The summed E-state index contributed by atoms with van der Waals surface area (Å²) in [5, 5.41) is 16.0. The Hall–Kier alpha value is -0.810. The molecule has 1 heterocycles. The van der Waals surface area contributed by atoms with Crippen molar-refractivity contribution in [2.24, 2.45) is 16.3 Å². The Labute approximate surface area is 186 Å². The van der Waals surface area contributed by atoms with Crippen molar-refractivity contribution in [1.82, 2.24) is 15.5 Å². The summed E-state index contributed by atoms with van der Waals surface area (Å²) in [7, 11) is 3.48. The third-order valence-electron chi connectivity index (χ3n) is 4.59. The largest absolute Gasteiger partial charge is 0.444 e. The van der Waals surface area contributed by atoms with E-state index in [-0.39, 0.29) is 48.0 Å². The summed E-state index contributed by atoms with van der Waals surface area (Å²) < 4.78 is 10.9. The van der Waals surface area contributed by atoms with Crippen LogP contribution in [0.2, 0.25) is 0 Å². The van der Waals surface area contributed by atoms with E-state index in [1.807, 2.05) is 20.8 Å². The highest BCUT2D eigenvalue weighted by molar-refractivity contribution is 14.0. The molecule has 1 fully saturated rings. The number of halogens is 1. The maximum absolute atomic E-state index is 12.0. The van der Waals surface area contributed by atoms with Crippen molar-refractivity contribution >= 4 is 36.0 Å². The van der Waals surface area contributed by atoms with Crippen LogP contribution in [0.5, 0.6) is 0 Å². The standard InChI is InChI=1S/C19H38N4O4.HI/c1-15(12-23(6)17(25)27-18(2,3)4)11-21-16(20-5)22-13-19(7-9-24)8-10-26-14-19;/h15,24H,7-14H2,1-6H3,(H2,20,21,22);1H. The topological polar surface area (TPSA) is 95.4 Å². The maximum Gasteiger partial charge on any atom is 0.410 e. The van der Waals surface area contributed by atoms with E-state index in [1.165, 1.54) is 0 Å². The minimum Gasteiger partial charge on any atom is -0.444 e. The molecule has 0 bridgehead atoms. The van der Waals surface area contributed by atoms with E-state index in [1.54, 1.807) is 19.0 Å². The minimum absolute atomic E-state index is 0. The SMILES string of the molecule is CN=C(NCC(C)CN(C)C(=O)OC(C)(C)C)NCC1(CCO)CCOC1.I. The molecule has 0 aromatic rings. The van der Waals surface area contributed by atoms with Gasteiger partial charge in [-0.25, -0.2) is 4.79 Å². The maximum atomic E-state index is 12.0. The predicted octanol–water partition coefficient (Wildman–Crippen LogP) is 2.06.